The molecule has 0 saturated heterocycles. The average Bonchev–Trinajstić information content (AvgIpc) is 2.87. The first-order valence-corrected chi connectivity index (χ1v) is 7.45. The van der Waals surface area contributed by atoms with Crippen LogP contribution in [0.3, 0.4) is 0 Å². The molecule has 0 aliphatic carbocycles. The van der Waals surface area contributed by atoms with E-state index in [1.165, 1.54) is 11.3 Å². The number of hydrogen-bond donors (Lipinski definition) is 1. The maximum Gasteiger partial charge on any atom is 0.212 e. The largest absolute Gasteiger partial charge is 0.483 e. The number of halogens is 1. The van der Waals surface area contributed by atoms with Crippen molar-refractivity contribution in [3.05, 3.63) is 51.2 Å². The molecule has 1 aromatic carbocycles. The standard InChI is InChI=1S/C15H15ClO3S/c1-10(15(18)13-6-7-14(16)20-13)19-12-4-2-11(3-5-12)8-9-17/h2-7,10,17H,8-9H2,1H3. The van der Waals surface area contributed by atoms with Gasteiger partial charge in [0.1, 0.15) is 5.75 Å². The summed E-state index contributed by atoms with van der Waals surface area (Å²) in [7, 11) is 0. The van der Waals surface area contributed by atoms with Crippen LogP contribution in [0.5, 0.6) is 5.75 Å². The molecule has 1 heterocycles. The lowest BCUT2D eigenvalue weighted by Gasteiger charge is -2.13. The molecule has 0 bridgehead atoms. The molecule has 1 N–H and O–H groups in total. The van der Waals surface area contributed by atoms with Gasteiger partial charge in [0.15, 0.2) is 6.10 Å². The molecular weight excluding hydrogens is 296 g/mol. The van der Waals surface area contributed by atoms with E-state index in [2.05, 4.69) is 0 Å². The second-order valence-electron chi connectivity index (χ2n) is 4.35. The summed E-state index contributed by atoms with van der Waals surface area (Å²) >= 11 is 7.07. The normalized spacial score (nSPS) is 12.2. The number of ether oxygens (including phenoxy) is 1. The minimum Gasteiger partial charge on any atom is -0.483 e. The number of aliphatic hydroxyl groups excluding tert-OH is 1. The van der Waals surface area contributed by atoms with Crippen molar-refractivity contribution in [2.75, 3.05) is 6.61 Å². The van der Waals surface area contributed by atoms with E-state index < -0.39 is 6.10 Å². The van der Waals surface area contributed by atoms with Crippen LogP contribution >= 0.6 is 22.9 Å². The Hall–Kier alpha value is -1.36. The van der Waals surface area contributed by atoms with Crippen LogP contribution in [0.2, 0.25) is 4.34 Å². The second-order valence-corrected chi connectivity index (χ2v) is 6.06. The molecule has 0 fully saturated rings. The predicted molar refractivity (Wildman–Crippen MR) is 81.0 cm³/mol. The molecule has 0 radical (unpaired) electrons. The zero-order valence-electron chi connectivity index (χ0n) is 11.0. The maximum atomic E-state index is 12.1. The van der Waals surface area contributed by atoms with Gasteiger partial charge in [0, 0.05) is 6.61 Å². The van der Waals surface area contributed by atoms with E-state index in [1.54, 1.807) is 31.2 Å². The van der Waals surface area contributed by atoms with Crippen LogP contribution in [0.25, 0.3) is 0 Å². The highest BCUT2D eigenvalue weighted by atomic mass is 35.5. The van der Waals surface area contributed by atoms with E-state index in [9.17, 15) is 4.79 Å². The van der Waals surface area contributed by atoms with E-state index in [0.29, 0.717) is 21.4 Å². The van der Waals surface area contributed by atoms with Gasteiger partial charge in [0.25, 0.3) is 0 Å². The first-order chi connectivity index (χ1) is 9.60. The molecule has 5 heteroatoms. The van der Waals surface area contributed by atoms with Crippen LogP contribution in [0.1, 0.15) is 22.2 Å². The predicted octanol–water partition coefficient (Wildman–Crippen LogP) is 3.59. The maximum absolute atomic E-state index is 12.1. The molecule has 0 aliphatic rings. The first-order valence-electron chi connectivity index (χ1n) is 6.26. The van der Waals surface area contributed by atoms with Gasteiger partial charge in [0.05, 0.1) is 9.21 Å². The molecule has 1 aromatic heterocycles. The second kappa shape index (κ2) is 6.88. The number of carbonyl (C=O) groups excluding carboxylic acids is 1. The number of benzene rings is 1. The van der Waals surface area contributed by atoms with E-state index in [-0.39, 0.29) is 12.4 Å². The highest BCUT2D eigenvalue weighted by Crippen LogP contribution is 2.24. The van der Waals surface area contributed by atoms with Gasteiger partial charge in [-0.15, -0.1) is 11.3 Å². The number of carbonyl (C=O) groups is 1. The fourth-order valence-electron chi connectivity index (χ4n) is 1.77. The highest BCUT2D eigenvalue weighted by Gasteiger charge is 2.18. The Morgan fingerprint density at radius 1 is 1.30 bits per heavy atom. The van der Waals surface area contributed by atoms with Gasteiger partial charge in [-0.3, -0.25) is 4.79 Å². The van der Waals surface area contributed by atoms with Crippen LogP contribution in [0.4, 0.5) is 0 Å². The van der Waals surface area contributed by atoms with Gasteiger partial charge in [-0.05, 0) is 43.2 Å². The molecule has 2 rings (SSSR count). The monoisotopic (exact) mass is 310 g/mol. The minimum absolute atomic E-state index is 0.0821. The van der Waals surface area contributed by atoms with Gasteiger partial charge < -0.3 is 9.84 Å². The van der Waals surface area contributed by atoms with E-state index >= 15 is 0 Å². The summed E-state index contributed by atoms with van der Waals surface area (Å²) in [6, 6.07) is 10.8. The Morgan fingerprint density at radius 3 is 2.55 bits per heavy atom. The van der Waals surface area contributed by atoms with Gasteiger partial charge in [-0.1, -0.05) is 23.7 Å². The molecule has 1 unspecified atom stereocenters. The van der Waals surface area contributed by atoms with Crippen molar-refractivity contribution in [2.45, 2.75) is 19.4 Å². The first kappa shape index (κ1) is 15.0. The Bertz CT molecular complexity index is 577. The topological polar surface area (TPSA) is 46.5 Å². The molecule has 2 aromatic rings. The molecule has 0 saturated carbocycles. The van der Waals surface area contributed by atoms with Gasteiger partial charge in [-0.2, -0.15) is 0 Å². The number of aliphatic hydroxyl groups is 1. The molecule has 3 nitrogen and oxygen atoms in total. The van der Waals surface area contributed by atoms with Gasteiger partial charge in [0.2, 0.25) is 5.78 Å². The van der Waals surface area contributed by atoms with E-state index in [4.69, 9.17) is 21.4 Å². The lowest BCUT2D eigenvalue weighted by Crippen LogP contribution is -2.23. The van der Waals surface area contributed by atoms with Crippen molar-refractivity contribution < 1.29 is 14.6 Å². The Morgan fingerprint density at radius 2 is 2.00 bits per heavy atom. The van der Waals surface area contributed by atoms with E-state index in [1.807, 2.05) is 12.1 Å². The number of Topliss-reactive ketones (excluding diaryl/α,β-unsaturated/α-hetero) is 1. The third-order valence-corrected chi connectivity index (χ3v) is 4.07. The van der Waals surface area contributed by atoms with Crippen molar-refractivity contribution in [1.82, 2.24) is 0 Å². The van der Waals surface area contributed by atoms with Crippen LogP contribution in [0.15, 0.2) is 36.4 Å². The summed E-state index contributed by atoms with van der Waals surface area (Å²) in [6.45, 7) is 1.84. The Labute approximate surface area is 126 Å². The molecule has 0 amide bonds. The quantitative estimate of drug-likeness (QED) is 0.829. The van der Waals surface area contributed by atoms with Crippen molar-refractivity contribution in [1.29, 1.82) is 0 Å². The summed E-state index contributed by atoms with van der Waals surface area (Å²) in [6.07, 6.45) is 0.0519. The Kier molecular flexibility index (Phi) is 5.17. The summed E-state index contributed by atoms with van der Waals surface area (Å²) in [5.41, 5.74) is 1.03. The molecule has 20 heavy (non-hydrogen) atoms. The van der Waals surface area contributed by atoms with Crippen LogP contribution in [-0.4, -0.2) is 23.6 Å². The zero-order valence-corrected chi connectivity index (χ0v) is 12.6. The van der Waals surface area contributed by atoms with Crippen molar-refractivity contribution in [3.63, 3.8) is 0 Å². The summed E-state index contributed by atoms with van der Waals surface area (Å²) in [5.74, 6) is 0.552. The summed E-state index contributed by atoms with van der Waals surface area (Å²) in [4.78, 5) is 12.7. The minimum atomic E-state index is -0.562. The average molecular weight is 311 g/mol. The van der Waals surface area contributed by atoms with Crippen LogP contribution in [-0.2, 0) is 6.42 Å². The molecular formula is C15H15ClO3S. The van der Waals surface area contributed by atoms with Crippen LogP contribution < -0.4 is 4.74 Å². The number of hydrogen-bond acceptors (Lipinski definition) is 4. The lowest BCUT2D eigenvalue weighted by atomic mass is 10.1. The highest BCUT2D eigenvalue weighted by molar-refractivity contribution is 7.18. The molecule has 1 atom stereocenters. The van der Waals surface area contributed by atoms with Crippen molar-refractivity contribution in [3.8, 4) is 5.75 Å². The van der Waals surface area contributed by atoms with Gasteiger partial charge >= 0.3 is 0 Å². The van der Waals surface area contributed by atoms with Crippen molar-refractivity contribution in [2.24, 2.45) is 0 Å². The molecule has 0 spiro atoms. The number of rotatable bonds is 6. The Balaban J connectivity index is 2.00. The number of thiophene rings is 1. The lowest BCUT2D eigenvalue weighted by molar-refractivity contribution is 0.0822. The third kappa shape index (κ3) is 3.82. The van der Waals surface area contributed by atoms with Crippen molar-refractivity contribution >= 4 is 28.7 Å². The number of ketones is 1. The molecule has 0 aliphatic heterocycles. The molecule has 106 valence electrons. The summed E-state index contributed by atoms with van der Waals surface area (Å²) < 4.78 is 6.22. The van der Waals surface area contributed by atoms with Crippen LogP contribution in [0, 0.1) is 0 Å². The SMILES string of the molecule is CC(Oc1ccc(CCO)cc1)C(=O)c1ccc(Cl)s1. The van der Waals surface area contributed by atoms with E-state index in [0.717, 1.165) is 5.56 Å². The third-order valence-electron chi connectivity index (χ3n) is 2.82. The fourth-order valence-corrected chi connectivity index (χ4v) is 2.83. The smallest absolute Gasteiger partial charge is 0.212 e. The fraction of sp³-hybridized carbons (Fsp3) is 0.267. The van der Waals surface area contributed by atoms with Gasteiger partial charge in [-0.25, -0.2) is 0 Å². The summed E-state index contributed by atoms with van der Waals surface area (Å²) in [5, 5.41) is 8.85. The zero-order chi connectivity index (χ0) is 14.5.